The fraction of sp³-hybridized carbons (Fsp3) is 0.519. The van der Waals surface area contributed by atoms with Crippen molar-refractivity contribution in [3.8, 4) is 0 Å². The highest BCUT2D eigenvalue weighted by atomic mass is 19.4. The fourth-order valence-electron chi connectivity index (χ4n) is 5.22. The first kappa shape index (κ1) is 25.6. The molecule has 8 heteroatoms. The van der Waals surface area contributed by atoms with E-state index in [0.29, 0.717) is 5.56 Å². The zero-order valence-corrected chi connectivity index (χ0v) is 19.9. The number of likely N-dealkylation sites (tertiary alicyclic amines) is 1. The van der Waals surface area contributed by atoms with Gasteiger partial charge >= 0.3 is 6.18 Å². The third-order valence-corrected chi connectivity index (χ3v) is 7.83. The van der Waals surface area contributed by atoms with E-state index in [1.807, 2.05) is 36.1 Å². The molecule has 1 saturated carbocycles. The van der Waals surface area contributed by atoms with Crippen LogP contribution in [0.3, 0.4) is 0 Å². The summed E-state index contributed by atoms with van der Waals surface area (Å²) in [5.74, 6) is -0.488. The summed E-state index contributed by atoms with van der Waals surface area (Å²) in [7, 11) is 0. The van der Waals surface area contributed by atoms with Crippen LogP contribution in [-0.4, -0.2) is 53.4 Å². The minimum atomic E-state index is -4.70. The number of aryl methyl sites for hydroxylation is 1. The molecule has 0 radical (unpaired) electrons. The molecule has 1 amide bonds. The summed E-state index contributed by atoms with van der Waals surface area (Å²) in [5, 5.41) is 13.1. The van der Waals surface area contributed by atoms with Crippen LogP contribution in [0.1, 0.15) is 48.8 Å². The Kier molecular flexibility index (Phi) is 7.25. The van der Waals surface area contributed by atoms with Gasteiger partial charge in [0.15, 0.2) is 5.60 Å². The highest BCUT2D eigenvalue weighted by Crippen LogP contribution is 2.44. The predicted octanol–water partition coefficient (Wildman–Crippen LogP) is 4.67. The minimum Gasteiger partial charge on any atom is -0.380 e. The number of hydrogen-bond acceptors (Lipinski definition) is 3. The Bertz CT molecular complexity index is 1030. The highest BCUT2D eigenvalue weighted by Gasteiger charge is 2.55. The van der Waals surface area contributed by atoms with Crippen molar-refractivity contribution in [2.45, 2.75) is 68.7 Å². The van der Waals surface area contributed by atoms with Gasteiger partial charge in [-0.1, -0.05) is 54.4 Å². The van der Waals surface area contributed by atoms with Gasteiger partial charge < -0.3 is 10.4 Å². The molecule has 2 fully saturated rings. The van der Waals surface area contributed by atoms with Crippen molar-refractivity contribution in [2.24, 2.45) is 0 Å². The second kappa shape index (κ2) is 9.90. The van der Waals surface area contributed by atoms with Gasteiger partial charge in [0.2, 0.25) is 5.91 Å². The van der Waals surface area contributed by atoms with Gasteiger partial charge in [0.25, 0.3) is 0 Å². The van der Waals surface area contributed by atoms with Crippen LogP contribution in [0.2, 0.25) is 0 Å². The van der Waals surface area contributed by atoms with Gasteiger partial charge in [-0.05, 0) is 56.2 Å². The monoisotopic (exact) mass is 492 g/mol. The van der Waals surface area contributed by atoms with E-state index < -0.39 is 36.1 Å². The summed E-state index contributed by atoms with van der Waals surface area (Å²) in [5.41, 5.74) is -0.797. The van der Waals surface area contributed by atoms with Crippen LogP contribution < -0.4 is 5.32 Å². The van der Waals surface area contributed by atoms with E-state index in [1.54, 1.807) is 18.2 Å². The number of piperidine rings is 1. The molecule has 0 aromatic heterocycles. The number of carbonyl (C=O) groups is 1. The lowest BCUT2D eigenvalue weighted by Gasteiger charge is -2.44. The quantitative estimate of drug-likeness (QED) is 0.553. The Morgan fingerprint density at radius 3 is 2.23 bits per heavy atom. The summed E-state index contributed by atoms with van der Waals surface area (Å²) in [6.45, 7) is 2.19. The summed E-state index contributed by atoms with van der Waals surface area (Å²) in [4.78, 5) is 15.2. The molecule has 2 aromatic rings. The number of aliphatic hydroxyl groups is 1. The first-order valence-electron chi connectivity index (χ1n) is 12.2. The topological polar surface area (TPSA) is 52.6 Å². The van der Waals surface area contributed by atoms with E-state index in [0.717, 1.165) is 30.4 Å². The molecule has 2 aliphatic rings. The van der Waals surface area contributed by atoms with Crippen molar-refractivity contribution in [3.63, 3.8) is 0 Å². The Balaban J connectivity index is 1.49. The van der Waals surface area contributed by atoms with Gasteiger partial charge in [0.05, 0.1) is 5.41 Å². The third kappa shape index (κ3) is 5.23. The predicted molar refractivity (Wildman–Crippen MR) is 125 cm³/mol. The third-order valence-electron chi connectivity index (χ3n) is 7.83. The lowest BCUT2D eigenvalue weighted by atomic mass is 9.63. The first-order chi connectivity index (χ1) is 16.5. The van der Waals surface area contributed by atoms with Gasteiger partial charge in [-0.15, -0.1) is 0 Å². The molecule has 4 rings (SSSR count). The van der Waals surface area contributed by atoms with Crippen LogP contribution in [0.5, 0.6) is 0 Å². The van der Waals surface area contributed by atoms with Gasteiger partial charge in [0.1, 0.15) is 5.82 Å². The molecule has 4 nitrogen and oxygen atoms in total. The van der Waals surface area contributed by atoms with Crippen LogP contribution in [0.25, 0.3) is 0 Å². The maximum Gasteiger partial charge on any atom is 0.417 e. The second-order valence-electron chi connectivity index (χ2n) is 10.0. The van der Waals surface area contributed by atoms with Crippen molar-refractivity contribution in [3.05, 3.63) is 71.0 Å². The number of carbonyl (C=O) groups excluding carboxylic acids is 1. The van der Waals surface area contributed by atoms with Crippen LogP contribution in [0, 0.1) is 12.7 Å². The molecular formula is C27H32F4N2O2. The van der Waals surface area contributed by atoms with E-state index in [4.69, 9.17) is 0 Å². The maximum absolute atomic E-state index is 14.4. The molecule has 1 aliphatic carbocycles. The molecule has 2 aromatic carbocycles. The first-order valence-corrected chi connectivity index (χ1v) is 12.2. The van der Waals surface area contributed by atoms with Crippen molar-refractivity contribution < 1.29 is 27.5 Å². The fourth-order valence-corrected chi connectivity index (χ4v) is 5.22. The number of hydrogen-bond donors (Lipinski definition) is 2. The number of nitrogens with zero attached hydrogens (tertiary/aromatic N) is 1. The maximum atomic E-state index is 14.4. The number of alkyl halides is 3. The second-order valence-corrected chi connectivity index (χ2v) is 10.0. The zero-order valence-electron chi connectivity index (χ0n) is 19.9. The summed E-state index contributed by atoms with van der Waals surface area (Å²) < 4.78 is 54.3. The molecule has 190 valence electrons. The van der Waals surface area contributed by atoms with Gasteiger partial charge in [-0.3, -0.25) is 9.69 Å². The summed E-state index contributed by atoms with van der Waals surface area (Å²) in [6.07, 6.45) is -2.93. The van der Waals surface area contributed by atoms with Gasteiger partial charge in [-0.25, -0.2) is 4.39 Å². The van der Waals surface area contributed by atoms with Crippen molar-refractivity contribution in [1.29, 1.82) is 0 Å². The van der Waals surface area contributed by atoms with Crippen LogP contribution in [-0.2, 0) is 16.6 Å². The summed E-state index contributed by atoms with van der Waals surface area (Å²) >= 11 is 0. The van der Waals surface area contributed by atoms with Crippen LogP contribution >= 0.6 is 0 Å². The minimum absolute atomic E-state index is 0.00804. The molecular weight excluding hydrogens is 460 g/mol. The molecule has 1 heterocycles. The number of halogens is 4. The van der Waals surface area contributed by atoms with E-state index in [9.17, 15) is 27.5 Å². The number of rotatable bonds is 7. The average Bonchev–Trinajstić information content (AvgIpc) is 2.78. The van der Waals surface area contributed by atoms with Crippen molar-refractivity contribution >= 4 is 5.91 Å². The smallest absolute Gasteiger partial charge is 0.380 e. The molecule has 1 atom stereocenters. The molecule has 0 unspecified atom stereocenters. The van der Waals surface area contributed by atoms with E-state index in [-0.39, 0.29) is 37.8 Å². The standard InChI is InChI=1S/C27H32F4N2O2/c1-19-7-9-21(10-8-19)25(11-4-12-25)24(34)32-18-22(17-20-5-2-3-6-23(20)28)33-15-13-26(35,14-16-33)27(29,30)31/h2-3,5-10,22,35H,4,11-18H2,1H3,(H,32,34)/t22-/m0/s1. The van der Waals surface area contributed by atoms with Gasteiger partial charge in [0, 0.05) is 25.7 Å². The van der Waals surface area contributed by atoms with Gasteiger partial charge in [-0.2, -0.15) is 13.2 Å². The molecule has 0 spiro atoms. The molecule has 35 heavy (non-hydrogen) atoms. The molecule has 2 N–H and O–H groups in total. The van der Waals surface area contributed by atoms with E-state index in [1.165, 1.54) is 6.07 Å². The van der Waals surface area contributed by atoms with Crippen LogP contribution in [0.15, 0.2) is 48.5 Å². The molecule has 1 aliphatic heterocycles. The Hall–Kier alpha value is -2.45. The lowest BCUT2D eigenvalue weighted by Crippen LogP contribution is -2.58. The van der Waals surface area contributed by atoms with E-state index in [2.05, 4.69) is 5.32 Å². The van der Waals surface area contributed by atoms with Crippen molar-refractivity contribution in [2.75, 3.05) is 19.6 Å². The molecule has 1 saturated heterocycles. The van der Waals surface area contributed by atoms with Crippen LogP contribution in [0.4, 0.5) is 17.6 Å². The lowest BCUT2D eigenvalue weighted by molar-refractivity contribution is -0.273. The summed E-state index contributed by atoms with van der Waals surface area (Å²) in [6, 6.07) is 13.8. The number of nitrogens with one attached hydrogen (secondary N) is 1. The SMILES string of the molecule is Cc1ccc(C2(C(=O)NC[C@H](Cc3ccccc3F)N3CCC(O)(C(F)(F)F)CC3)CCC2)cc1. The molecule has 0 bridgehead atoms. The number of benzene rings is 2. The largest absolute Gasteiger partial charge is 0.417 e. The normalized spacial score (nSPS) is 20.6. The Morgan fingerprint density at radius 1 is 1.06 bits per heavy atom. The number of amides is 1. The Morgan fingerprint density at radius 2 is 1.69 bits per heavy atom. The Labute approximate surface area is 203 Å². The van der Waals surface area contributed by atoms with E-state index >= 15 is 0 Å². The zero-order chi connectivity index (χ0) is 25.3. The average molecular weight is 493 g/mol. The van der Waals surface area contributed by atoms with Crippen molar-refractivity contribution in [1.82, 2.24) is 10.2 Å². The highest BCUT2D eigenvalue weighted by molar-refractivity contribution is 5.89.